The molecule has 0 aliphatic carbocycles. The number of rotatable bonds is 5. The number of carbonyl (C=O) groups excluding carboxylic acids is 1. The van der Waals surface area contributed by atoms with Crippen LogP contribution in [0.3, 0.4) is 0 Å². The van der Waals surface area contributed by atoms with E-state index in [0.717, 1.165) is 5.56 Å². The minimum absolute atomic E-state index is 0.0154. The van der Waals surface area contributed by atoms with Crippen molar-refractivity contribution in [1.29, 1.82) is 0 Å². The summed E-state index contributed by atoms with van der Waals surface area (Å²) >= 11 is 0. The van der Waals surface area contributed by atoms with Crippen molar-refractivity contribution in [2.24, 2.45) is 5.73 Å². The van der Waals surface area contributed by atoms with Crippen LogP contribution in [-0.4, -0.2) is 14.4 Å². The number of hydrogen-bond donors (Lipinski definition) is 2. The summed E-state index contributed by atoms with van der Waals surface area (Å²) in [6, 6.07) is 5.07. The van der Waals surface area contributed by atoms with E-state index in [2.05, 4.69) is 8.91 Å². The van der Waals surface area contributed by atoms with Crippen LogP contribution in [0.1, 0.15) is 24.5 Å². The molecule has 0 saturated heterocycles. The van der Waals surface area contributed by atoms with Crippen molar-refractivity contribution in [3.63, 3.8) is 0 Å². The Morgan fingerprint density at radius 1 is 1.44 bits per heavy atom. The summed E-state index contributed by atoms with van der Waals surface area (Å²) in [5, 5.41) is 0. The van der Waals surface area contributed by atoms with Crippen LogP contribution in [0.25, 0.3) is 0 Å². The summed E-state index contributed by atoms with van der Waals surface area (Å²) in [5.74, 6) is -0.815. The number of carbonyl (C=O) groups is 1. The summed E-state index contributed by atoms with van der Waals surface area (Å²) in [4.78, 5) is 11.0. The third-order valence-corrected chi connectivity index (χ3v) is 3.22. The fraction of sp³-hybridized carbons (Fsp3) is 0.364. The van der Waals surface area contributed by atoms with Crippen LogP contribution in [0.15, 0.2) is 18.2 Å². The fourth-order valence-corrected chi connectivity index (χ4v) is 2.27. The molecule has 0 fully saturated rings. The lowest BCUT2D eigenvalue weighted by Crippen LogP contribution is -2.21. The van der Waals surface area contributed by atoms with Gasteiger partial charge < -0.3 is 9.92 Å². The second-order valence-corrected chi connectivity index (χ2v) is 4.95. The topological polar surface area (TPSA) is 98.5 Å². The van der Waals surface area contributed by atoms with Crippen molar-refractivity contribution in [2.75, 3.05) is 4.72 Å². The van der Waals surface area contributed by atoms with Gasteiger partial charge in [-0.3, -0.25) is 9.52 Å². The van der Waals surface area contributed by atoms with Gasteiger partial charge >= 0.3 is 16.3 Å². The molecule has 0 aromatic heterocycles. The molecule has 0 spiro atoms. The molecule has 6 nitrogen and oxygen atoms in total. The van der Waals surface area contributed by atoms with Crippen molar-refractivity contribution in [1.82, 2.24) is 0 Å². The normalized spacial score (nSPS) is 11.1. The highest BCUT2D eigenvalue weighted by Crippen LogP contribution is 2.20. The number of nitrogens with two attached hydrogens (primary N) is 1. The van der Waals surface area contributed by atoms with Gasteiger partial charge in [0.2, 0.25) is 0 Å². The zero-order valence-corrected chi connectivity index (χ0v) is 11.1. The third kappa shape index (κ3) is 3.71. The summed E-state index contributed by atoms with van der Waals surface area (Å²) in [6.45, 7) is 3.51. The van der Waals surface area contributed by atoms with Crippen molar-refractivity contribution >= 4 is 22.0 Å². The van der Waals surface area contributed by atoms with Gasteiger partial charge in [0, 0.05) is 13.0 Å². The molecule has 1 rings (SSSR count). The van der Waals surface area contributed by atoms with Crippen LogP contribution >= 0.6 is 0 Å². The summed E-state index contributed by atoms with van der Waals surface area (Å²) in [6.07, 6.45) is -0.0154. The van der Waals surface area contributed by atoms with Crippen LogP contribution in [0.4, 0.5) is 5.69 Å². The Morgan fingerprint density at radius 2 is 2.11 bits per heavy atom. The number of benzene rings is 1. The van der Waals surface area contributed by atoms with Gasteiger partial charge in [-0.2, -0.15) is 8.42 Å². The molecule has 18 heavy (non-hydrogen) atoms. The van der Waals surface area contributed by atoms with Crippen LogP contribution in [0.5, 0.6) is 0 Å². The van der Waals surface area contributed by atoms with Crippen molar-refractivity contribution in [2.45, 2.75) is 26.8 Å². The van der Waals surface area contributed by atoms with E-state index in [4.69, 9.17) is 5.73 Å². The highest BCUT2D eigenvalue weighted by atomic mass is 32.2. The number of anilines is 1. The Morgan fingerprint density at radius 3 is 2.67 bits per heavy atom. The smallest absolute Gasteiger partial charge is 0.330 e. The molecule has 1 aromatic rings. The lowest BCUT2D eigenvalue weighted by Gasteiger charge is -2.12. The summed E-state index contributed by atoms with van der Waals surface area (Å²) in [5.41, 5.74) is 7.40. The third-order valence-electron chi connectivity index (χ3n) is 2.34. The number of nitrogens with one attached hydrogen (secondary N) is 1. The predicted octanol–water partition coefficient (Wildman–Crippen LogP) is 1.06. The zero-order chi connectivity index (χ0) is 13.8. The van der Waals surface area contributed by atoms with Crippen LogP contribution < -0.4 is 10.5 Å². The highest BCUT2D eigenvalue weighted by Gasteiger charge is 2.17. The molecule has 0 saturated carbocycles. The Labute approximate surface area is 106 Å². The van der Waals surface area contributed by atoms with Gasteiger partial charge in [0.25, 0.3) is 0 Å². The summed E-state index contributed by atoms with van der Waals surface area (Å²) in [7, 11) is -4.15. The number of hydrogen-bond acceptors (Lipinski definition) is 5. The lowest BCUT2D eigenvalue weighted by molar-refractivity contribution is -0.133. The molecule has 3 N–H and O–H groups in total. The molecule has 1 aromatic carbocycles. The fourth-order valence-electron chi connectivity index (χ4n) is 1.41. The molecule has 0 aliphatic rings. The maximum absolute atomic E-state index is 11.6. The largest absolute Gasteiger partial charge is 0.410 e. The van der Waals surface area contributed by atoms with Gasteiger partial charge in [-0.25, -0.2) is 0 Å². The molecule has 0 unspecified atom stereocenters. The average Bonchev–Trinajstić information content (AvgIpc) is 2.28. The minimum Gasteiger partial charge on any atom is -0.330 e. The average molecular weight is 272 g/mol. The van der Waals surface area contributed by atoms with E-state index in [0.29, 0.717) is 11.3 Å². The van der Waals surface area contributed by atoms with Crippen molar-refractivity contribution in [3.05, 3.63) is 29.3 Å². The molecular weight excluding hydrogens is 256 g/mol. The first kappa shape index (κ1) is 14.5. The first-order valence-corrected chi connectivity index (χ1v) is 6.84. The van der Waals surface area contributed by atoms with Crippen LogP contribution in [-0.2, 0) is 25.8 Å². The second kappa shape index (κ2) is 5.83. The van der Waals surface area contributed by atoms with Gasteiger partial charge in [-0.05, 0) is 24.1 Å². The van der Waals surface area contributed by atoms with Gasteiger partial charge in [0.05, 0.1) is 5.69 Å². The van der Waals surface area contributed by atoms with E-state index in [1.54, 1.807) is 12.1 Å². The highest BCUT2D eigenvalue weighted by molar-refractivity contribution is 7.88. The van der Waals surface area contributed by atoms with Crippen LogP contribution in [0, 0.1) is 6.92 Å². The minimum atomic E-state index is -4.15. The molecule has 0 radical (unpaired) electrons. The van der Waals surface area contributed by atoms with Gasteiger partial charge in [0.15, 0.2) is 0 Å². The van der Waals surface area contributed by atoms with E-state index in [9.17, 15) is 13.2 Å². The molecule has 0 atom stereocenters. The molecule has 0 aliphatic heterocycles. The Kier molecular flexibility index (Phi) is 4.69. The first-order chi connectivity index (χ1) is 8.39. The second-order valence-electron chi connectivity index (χ2n) is 3.67. The predicted molar refractivity (Wildman–Crippen MR) is 68.0 cm³/mol. The van der Waals surface area contributed by atoms with Crippen molar-refractivity contribution < 1.29 is 17.4 Å². The zero-order valence-electron chi connectivity index (χ0n) is 10.3. The Balaban J connectivity index is 2.97. The van der Waals surface area contributed by atoms with Crippen LogP contribution in [0.2, 0.25) is 0 Å². The lowest BCUT2D eigenvalue weighted by atomic mass is 10.1. The Bertz CT molecular complexity index is 540. The molecule has 100 valence electrons. The summed E-state index contributed by atoms with van der Waals surface area (Å²) < 4.78 is 29.6. The van der Waals surface area contributed by atoms with Gasteiger partial charge in [-0.15, -0.1) is 0 Å². The Hall–Kier alpha value is -1.60. The standard InChI is InChI=1S/C11H16N2O4S/c1-3-11(14)17-18(15,16)13-10-6-4-5-8(2)9(10)7-12/h4-6,13H,3,7,12H2,1-2H3. The molecule has 0 bridgehead atoms. The van der Waals surface area contributed by atoms with E-state index >= 15 is 0 Å². The number of aryl methyl sites for hydroxylation is 1. The molecule has 0 amide bonds. The van der Waals surface area contributed by atoms with E-state index in [-0.39, 0.29) is 13.0 Å². The van der Waals surface area contributed by atoms with E-state index in [1.165, 1.54) is 6.92 Å². The van der Waals surface area contributed by atoms with E-state index < -0.39 is 16.3 Å². The van der Waals surface area contributed by atoms with E-state index in [1.807, 2.05) is 13.0 Å². The maximum atomic E-state index is 11.6. The molecule has 7 heteroatoms. The monoisotopic (exact) mass is 272 g/mol. The van der Waals surface area contributed by atoms with Gasteiger partial charge in [-0.1, -0.05) is 19.1 Å². The molecule has 0 heterocycles. The SMILES string of the molecule is CCC(=O)OS(=O)(=O)Nc1cccc(C)c1CN. The quantitative estimate of drug-likeness (QED) is 0.835. The molecular formula is C11H16N2O4S. The van der Waals surface area contributed by atoms with Crippen molar-refractivity contribution in [3.8, 4) is 0 Å². The maximum Gasteiger partial charge on any atom is 0.410 e. The van der Waals surface area contributed by atoms with Gasteiger partial charge in [0.1, 0.15) is 0 Å². The first-order valence-electron chi connectivity index (χ1n) is 5.43.